The molecule has 2 rings (SSSR count). The first-order valence-electron chi connectivity index (χ1n) is 11.8. The molecule has 0 radical (unpaired) electrons. The summed E-state index contributed by atoms with van der Waals surface area (Å²) in [6.45, 7) is 12.4. The number of aliphatic hydroxyl groups is 1. The Labute approximate surface area is 178 Å². The first-order chi connectivity index (χ1) is 13.6. The predicted octanol–water partition coefficient (Wildman–Crippen LogP) is 4.94. The molecular formula is C23H44O5Si. The lowest BCUT2D eigenvalue weighted by molar-refractivity contribution is -0.142. The Morgan fingerprint density at radius 1 is 1.24 bits per heavy atom. The molecule has 0 aromatic rings. The summed E-state index contributed by atoms with van der Waals surface area (Å²) in [5, 5.41) is 20.0. The fourth-order valence-corrected chi connectivity index (χ4v) is 8.24. The molecule has 0 aromatic carbocycles. The number of fused-ring (bicyclic) bond motifs is 1. The van der Waals surface area contributed by atoms with E-state index in [-0.39, 0.29) is 24.0 Å². The van der Waals surface area contributed by atoms with Gasteiger partial charge in [-0.25, -0.2) is 0 Å². The van der Waals surface area contributed by atoms with Gasteiger partial charge in [0.1, 0.15) is 0 Å². The maximum absolute atomic E-state index is 11.4. The van der Waals surface area contributed by atoms with Gasteiger partial charge in [-0.05, 0) is 69.0 Å². The van der Waals surface area contributed by atoms with Crippen LogP contribution in [0.15, 0.2) is 0 Å². The van der Waals surface area contributed by atoms with E-state index in [9.17, 15) is 15.0 Å². The van der Waals surface area contributed by atoms with Crippen molar-refractivity contribution in [3.63, 3.8) is 0 Å². The van der Waals surface area contributed by atoms with E-state index in [1.165, 1.54) is 0 Å². The van der Waals surface area contributed by atoms with Crippen LogP contribution in [0.3, 0.4) is 0 Å². The third-order valence-corrected chi connectivity index (χ3v) is 9.67. The van der Waals surface area contributed by atoms with Gasteiger partial charge in [0, 0.05) is 25.6 Å². The van der Waals surface area contributed by atoms with Crippen molar-refractivity contribution >= 4 is 14.3 Å². The largest absolute Gasteiger partial charge is 0.481 e. The second-order valence-corrected chi connectivity index (χ2v) is 14.7. The van der Waals surface area contributed by atoms with Crippen LogP contribution in [-0.4, -0.2) is 49.9 Å². The highest BCUT2D eigenvalue weighted by Crippen LogP contribution is 2.42. The summed E-state index contributed by atoms with van der Waals surface area (Å²) in [5.74, 6) is 0.729. The van der Waals surface area contributed by atoms with Crippen LogP contribution in [0, 0.1) is 29.6 Å². The number of aliphatic hydroxyl groups excluding tert-OH is 1. The quantitative estimate of drug-likeness (QED) is 0.456. The molecule has 0 amide bonds. The number of carboxylic acid groups (broad SMARTS) is 1. The summed E-state index contributed by atoms with van der Waals surface area (Å²) in [6.07, 6.45) is 5.98. The monoisotopic (exact) mass is 428 g/mol. The fourth-order valence-electron chi connectivity index (χ4n) is 5.51. The molecule has 2 N–H and O–H groups in total. The highest BCUT2D eigenvalue weighted by Gasteiger charge is 2.45. The Morgan fingerprint density at radius 3 is 2.59 bits per heavy atom. The van der Waals surface area contributed by atoms with E-state index in [4.69, 9.17) is 9.16 Å². The first kappa shape index (κ1) is 24.8. The summed E-state index contributed by atoms with van der Waals surface area (Å²) in [7, 11) is -1.70. The van der Waals surface area contributed by atoms with Gasteiger partial charge in [-0.2, -0.15) is 0 Å². The van der Waals surface area contributed by atoms with Gasteiger partial charge in [-0.15, -0.1) is 0 Å². The summed E-state index contributed by atoms with van der Waals surface area (Å²) >= 11 is 0. The average Bonchev–Trinajstić information content (AvgIpc) is 2.77. The molecule has 0 bridgehead atoms. The van der Waals surface area contributed by atoms with Crippen LogP contribution in [0.4, 0.5) is 0 Å². The molecule has 2 fully saturated rings. The maximum Gasteiger partial charge on any atom is 0.306 e. The summed E-state index contributed by atoms with van der Waals surface area (Å²) in [5.41, 5.74) is 0. The molecule has 29 heavy (non-hydrogen) atoms. The van der Waals surface area contributed by atoms with Crippen molar-refractivity contribution in [3.8, 4) is 0 Å². The highest BCUT2D eigenvalue weighted by atomic mass is 28.4. The minimum atomic E-state index is -1.70. The Morgan fingerprint density at radius 2 is 1.97 bits per heavy atom. The third kappa shape index (κ3) is 7.64. The zero-order valence-corrected chi connectivity index (χ0v) is 20.2. The molecular weight excluding hydrogens is 384 g/mol. The average molecular weight is 429 g/mol. The predicted molar refractivity (Wildman–Crippen MR) is 118 cm³/mol. The molecule has 1 aliphatic carbocycles. The number of hydrogen-bond acceptors (Lipinski definition) is 4. The highest BCUT2D eigenvalue weighted by molar-refractivity contribution is 6.71. The summed E-state index contributed by atoms with van der Waals surface area (Å²) in [6, 6.07) is 1.14. The minimum Gasteiger partial charge on any atom is -0.481 e. The van der Waals surface area contributed by atoms with Crippen molar-refractivity contribution in [1.82, 2.24) is 0 Å². The number of aliphatic carboxylic acids is 1. The third-order valence-electron chi connectivity index (χ3n) is 6.93. The van der Waals surface area contributed by atoms with Gasteiger partial charge in [0.2, 0.25) is 0 Å². The standard InChI is InChI=1S/C23H44O5Si/c1-6-7-18(23(25)26)10-8-17-9-11-19-20(21(24)12-22(19)27-13-17)14-28-29(4,5)15-16(2)3/h16-22,24H,6-15H2,1-5H3,(H,25,26)/t17-,18?,19+,20+,21+,22-/m0/s1. The molecule has 1 unspecified atom stereocenters. The fraction of sp³-hybridized carbons (Fsp3) is 0.957. The maximum atomic E-state index is 11.4. The van der Waals surface area contributed by atoms with Crippen LogP contribution in [0.25, 0.3) is 0 Å². The minimum absolute atomic E-state index is 0.129. The van der Waals surface area contributed by atoms with Gasteiger partial charge in [-0.3, -0.25) is 4.79 Å². The van der Waals surface area contributed by atoms with Crippen LogP contribution in [0.5, 0.6) is 0 Å². The van der Waals surface area contributed by atoms with Crippen LogP contribution < -0.4 is 0 Å². The lowest BCUT2D eigenvalue weighted by Crippen LogP contribution is -2.37. The zero-order valence-electron chi connectivity index (χ0n) is 19.2. The van der Waals surface area contributed by atoms with Gasteiger partial charge in [-0.1, -0.05) is 27.2 Å². The summed E-state index contributed by atoms with van der Waals surface area (Å²) in [4.78, 5) is 11.4. The Hall–Kier alpha value is -0.433. The zero-order chi connectivity index (χ0) is 21.6. The molecule has 1 heterocycles. The molecule has 0 aromatic heterocycles. The SMILES string of the molecule is CCCC(CC[C@H]1CC[C@@H]2[C@@H](CO[Si](C)(C)CC(C)C)[C@H](O)C[C@@H]2OC1)C(=O)O. The van der Waals surface area contributed by atoms with E-state index in [2.05, 4.69) is 26.9 Å². The van der Waals surface area contributed by atoms with Crippen LogP contribution in [0.2, 0.25) is 19.1 Å². The van der Waals surface area contributed by atoms with Crippen molar-refractivity contribution in [2.24, 2.45) is 29.6 Å². The van der Waals surface area contributed by atoms with Crippen molar-refractivity contribution in [3.05, 3.63) is 0 Å². The van der Waals surface area contributed by atoms with E-state index in [0.29, 0.717) is 37.4 Å². The van der Waals surface area contributed by atoms with Crippen molar-refractivity contribution < 1.29 is 24.2 Å². The molecule has 170 valence electrons. The van der Waals surface area contributed by atoms with Crippen molar-refractivity contribution in [2.45, 2.75) is 97.1 Å². The Kier molecular flexibility index (Phi) is 9.64. The lowest BCUT2D eigenvalue weighted by atomic mass is 9.86. The summed E-state index contributed by atoms with van der Waals surface area (Å²) < 4.78 is 12.6. The van der Waals surface area contributed by atoms with E-state index in [1.807, 2.05) is 6.92 Å². The van der Waals surface area contributed by atoms with Gasteiger partial charge in [0.05, 0.1) is 18.1 Å². The van der Waals surface area contributed by atoms with Gasteiger partial charge >= 0.3 is 5.97 Å². The van der Waals surface area contributed by atoms with Crippen molar-refractivity contribution in [2.75, 3.05) is 13.2 Å². The van der Waals surface area contributed by atoms with E-state index >= 15 is 0 Å². The van der Waals surface area contributed by atoms with Gasteiger partial charge in [0.25, 0.3) is 0 Å². The van der Waals surface area contributed by atoms with Gasteiger partial charge < -0.3 is 19.4 Å². The molecule has 2 aliphatic rings. The number of hydrogen-bond donors (Lipinski definition) is 2. The topological polar surface area (TPSA) is 76.0 Å². The molecule has 5 nitrogen and oxygen atoms in total. The molecule has 6 heteroatoms. The van der Waals surface area contributed by atoms with Crippen molar-refractivity contribution in [1.29, 1.82) is 0 Å². The number of carbonyl (C=O) groups is 1. The molecule has 6 atom stereocenters. The smallest absolute Gasteiger partial charge is 0.306 e. The normalized spacial score (nSPS) is 31.5. The molecule has 0 spiro atoms. The van der Waals surface area contributed by atoms with Crippen LogP contribution >= 0.6 is 0 Å². The first-order valence-corrected chi connectivity index (χ1v) is 14.9. The lowest BCUT2D eigenvalue weighted by Gasteiger charge is -2.30. The van der Waals surface area contributed by atoms with Gasteiger partial charge in [0.15, 0.2) is 8.32 Å². The Bertz CT molecular complexity index is 509. The second-order valence-electron chi connectivity index (χ2n) is 10.5. The van der Waals surface area contributed by atoms with Crippen LogP contribution in [0.1, 0.15) is 65.7 Å². The van der Waals surface area contributed by atoms with Crippen LogP contribution in [-0.2, 0) is 14.0 Å². The van der Waals surface area contributed by atoms with E-state index in [1.54, 1.807) is 0 Å². The molecule has 1 saturated heterocycles. The number of ether oxygens (including phenoxy) is 1. The molecule has 1 aliphatic heterocycles. The number of rotatable bonds is 11. The number of carboxylic acids is 1. The second kappa shape index (κ2) is 11.3. The Balaban J connectivity index is 1.87. The molecule has 1 saturated carbocycles. The van der Waals surface area contributed by atoms with E-state index < -0.39 is 14.3 Å². The van der Waals surface area contributed by atoms with E-state index in [0.717, 1.165) is 44.6 Å².